The van der Waals surface area contributed by atoms with Crippen LogP contribution in [0.15, 0.2) is 0 Å². The number of rotatable bonds is 4. The first-order valence-corrected chi connectivity index (χ1v) is 8.16. The van der Waals surface area contributed by atoms with E-state index in [4.69, 9.17) is 9.47 Å². The van der Waals surface area contributed by atoms with Crippen molar-refractivity contribution in [3.8, 4) is 0 Å². The Morgan fingerprint density at radius 3 is 2.90 bits per heavy atom. The molecule has 3 unspecified atom stereocenters. The highest BCUT2D eigenvalue weighted by atomic mass is 16.6. The van der Waals surface area contributed by atoms with Gasteiger partial charge >= 0.3 is 0 Å². The first-order chi connectivity index (χ1) is 9.70. The largest absolute Gasteiger partial charge is 0.378 e. The lowest BCUT2D eigenvalue weighted by atomic mass is 9.70. The Bertz CT molecular complexity index is 357. The van der Waals surface area contributed by atoms with Crippen LogP contribution in [0.3, 0.4) is 0 Å². The second kappa shape index (κ2) is 5.74. The second-order valence-corrected chi connectivity index (χ2v) is 6.85. The molecule has 0 saturated carbocycles. The lowest BCUT2D eigenvalue weighted by Crippen LogP contribution is -2.47. The highest BCUT2D eigenvalue weighted by molar-refractivity contribution is 5.87. The molecule has 3 atom stereocenters. The first-order valence-electron chi connectivity index (χ1n) is 8.16. The summed E-state index contributed by atoms with van der Waals surface area (Å²) in [5.74, 6) is 0.677. The molecule has 1 N–H and O–H groups in total. The summed E-state index contributed by atoms with van der Waals surface area (Å²) in [4.78, 5) is 13.1. The quantitative estimate of drug-likeness (QED) is 0.855. The van der Waals surface area contributed by atoms with Gasteiger partial charge in [-0.05, 0) is 32.2 Å². The minimum atomic E-state index is -0.155. The van der Waals surface area contributed by atoms with E-state index in [1.165, 1.54) is 0 Å². The third kappa shape index (κ3) is 2.53. The van der Waals surface area contributed by atoms with Gasteiger partial charge < -0.3 is 14.8 Å². The number of hydrogen-bond acceptors (Lipinski definition) is 4. The molecule has 0 aromatic rings. The van der Waals surface area contributed by atoms with Gasteiger partial charge in [-0.3, -0.25) is 4.79 Å². The van der Waals surface area contributed by atoms with E-state index in [2.05, 4.69) is 12.2 Å². The van der Waals surface area contributed by atoms with Crippen LogP contribution in [-0.2, 0) is 14.3 Å². The summed E-state index contributed by atoms with van der Waals surface area (Å²) in [5, 5.41) is 3.40. The molecular weight excluding hydrogens is 254 g/mol. The summed E-state index contributed by atoms with van der Waals surface area (Å²) >= 11 is 0. The lowest BCUT2D eigenvalue weighted by Gasteiger charge is -2.39. The van der Waals surface area contributed by atoms with Crippen LogP contribution in [0, 0.1) is 11.3 Å². The number of ether oxygens (including phenoxy) is 2. The van der Waals surface area contributed by atoms with E-state index in [0.29, 0.717) is 12.4 Å². The zero-order chi connectivity index (χ0) is 14.1. The molecule has 3 heterocycles. The van der Waals surface area contributed by atoms with E-state index in [0.717, 1.165) is 64.8 Å². The van der Waals surface area contributed by atoms with Gasteiger partial charge in [-0.1, -0.05) is 13.3 Å². The SMILES string of the molecule is CCCC1(C(=O)C2CCOC3(CCOC3)C2)CCNC1. The molecular formula is C16H27NO3. The van der Waals surface area contributed by atoms with Crippen molar-refractivity contribution in [2.24, 2.45) is 11.3 Å². The lowest BCUT2D eigenvalue weighted by molar-refractivity contribution is -0.145. The molecule has 20 heavy (non-hydrogen) atoms. The van der Waals surface area contributed by atoms with Crippen LogP contribution in [0.4, 0.5) is 0 Å². The topological polar surface area (TPSA) is 47.6 Å². The smallest absolute Gasteiger partial charge is 0.143 e. The fourth-order valence-electron chi connectivity index (χ4n) is 4.32. The summed E-state index contributed by atoms with van der Waals surface area (Å²) in [6, 6.07) is 0. The van der Waals surface area contributed by atoms with E-state index in [9.17, 15) is 4.79 Å². The maximum absolute atomic E-state index is 13.1. The van der Waals surface area contributed by atoms with E-state index < -0.39 is 0 Å². The standard InChI is InChI=1S/C16H27NO3/c1-2-4-15(5-7-17-11-15)14(18)13-3-8-20-16(10-13)6-9-19-12-16/h13,17H,2-12H2,1H3. The third-order valence-electron chi connectivity index (χ3n) is 5.43. The van der Waals surface area contributed by atoms with Gasteiger partial charge in [0.25, 0.3) is 0 Å². The predicted molar refractivity (Wildman–Crippen MR) is 76.7 cm³/mol. The average Bonchev–Trinajstić information content (AvgIpc) is 3.10. The van der Waals surface area contributed by atoms with Crippen LogP contribution < -0.4 is 5.32 Å². The van der Waals surface area contributed by atoms with Crippen LogP contribution in [-0.4, -0.2) is 44.3 Å². The van der Waals surface area contributed by atoms with Gasteiger partial charge in [0, 0.05) is 37.5 Å². The number of ketones is 1. The van der Waals surface area contributed by atoms with Crippen molar-refractivity contribution < 1.29 is 14.3 Å². The molecule has 1 spiro atoms. The van der Waals surface area contributed by atoms with Gasteiger partial charge in [0.2, 0.25) is 0 Å². The molecule has 3 fully saturated rings. The van der Waals surface area contributed by atoms with E-state index in [-0.39, 0.29) is 16.9 Å². The highest BCUT2D eigenvalue weighted by Gasteiger charge is 2.48. The number of hydrogen-bond donors (Lipinski definition) is 1. The van der Waals surface area contributed by atoms with Crippen molar-refractivity contribution in [1.29, 1.82) is 0 Å². The number of Topliss-reactive ketones (excluding diaryl/α,β-unsaturated/α-hetero) is 1. The Kier molecular flexibility index (Phi) is 4.16. The van der Waals surface area contributed by atoms with Crippen molar-refractivity contribution in [2.45, 2.75) is 51.0 Å². The van der Waals surface area contributed by atoms with Gasteiger partial charge in [0.1, 0.15) is 5.78 Å². The molecule has 4 heteroatoms. The van der Waals surface area contributed by atoms with Crippen molar-refractivity contribution in [3.63, 3.8) is 0 Å². The number of carbonyl (C=O) groups is 1. The Labute approximate surface area is 121 Å². The fourth-order valence-corrected chi connectivity index (χ4v) is 4.32. The Morgan fingerprint density at radius 1 is 1.35 bits per heavy atom. The van der Waals surface area contributed by atoms with Gasteiger partial charge in [-0.25, -0.2) is 0 Å². The van der Waals surface area contributed by atoms with E-state index in [1.807, 2.05) is 0 Å². The molecule has 0 aromatic carbocycles. The summed E-state index contributed by atoms with van der Waals surface area (Å²) in [6.07, 6.45) is 5.85. The molecule has 3 aliphatic heterocycles. The molecule has 3 aliphatic rings. The Morgan fingerprint density at radius 2 is 2.25 bits per heavy atom. The molecule has 4 nitrogen and oxygen atoms in total. The molecule has 0 amide bonds. The van der Waals surface area contributed by atoms with E-state index >= 15 is 0 Å². The summed E-state index contributed by atoms with van der Waals surface area (Å²) in [5.41, 5.74) is -0.255. The van der Waals surface area contributed by atoms with Crippen LogP contribution in [0.2, 0.25) is 0 Å². The van der Waals surface area contributed by atoms with Gasteiger partial charge in [0.15, 0.2) is 0 Å². The maximum atomic E-state index is 13.1. The van der Waals surface area contributed by atoms with Crippen molar-refractivity contribution in [3.05, 3.63) is 0 Å². The molecule has 0 aliphatic carbocycles. The van der Waals surface area contributed by atoms with Gasteiger partial charge in [-0.2, -0.15) is 0 Å². The number of nitrogens with one attached hydrogen (secondary N) is 1. The minimum absolute atomic E-state index is 0.0998. The third-order valence-corrected chi connectivity index (χ3v) is 5.43. The van der Waals surface area contributed by atoms with Crippen molar-refractivity contribution in [2.75, 3.05) is 32.9 Å². The predicted octanol–water partition coefficient (Wildman–Crippen LogP) is 1.92. The maximum Gasteiger partial charge on any atom is 0.143 e. The zero-order valence-electron chi connectivity index (χ0n) is 12.6. The van der Waals surface area contributed by atoms with Crippen LogP contribution in [0.25, 0.3) is 0 Å². The van der Waals surface area contributed by atoms with Crippen LogP contribution in [0.1, 0.15) is 45.4 Å². The molecule has 0 radical (unpaired) electrons. The zero-order valence-corrected chi connectivity index (χ0v) is 12.6. The van der Waals surface area contributed by atoms with Crippen LogP contribution >= 0.6 is 0 Å². The molecule has 0 aromatic heterocycles. The fraction of sp³-hybridized carbons (Fsp3) is 0.938. The summed E-state index contributed by atoms with van der Waals surface area (Å²) in [6.45, 7) is 6.22. The highest BCUT2D eigenvalue weighted by Crippen LogP contribution is 2.42. The average molecular weight is 281 g/mol. The Hall–Kier alpha value is -0.450. The second-order valence-electron chi connectivity index (χ2n) is 6.85. The summed E-state index contributed by atoms with van der Waals surface area (Å²) in [7, 11) is 0. The minimum Gasteiger partial charge on any atom is -0.378 e. The van der Waals surface area contributed by atoms with Gasteiger partial charge in [0.05, 0.1) is 12.2 Å². The first kappa shape index (κ1) is 14.5. The normalized spacial score (nSPS) is 41.4. The van der Waals surface area contributed by atoms with Crippen molar-refractivity contribution in [1.82, 2.24) is 5.32 Å². The number of carbonyl (C=O) groups excluding carboxylic acids is 1. The molecule has 0 bridgehead atoms. The molecule has 114 valence electrons. The van der Waals surface area contributed by atoms with Gasteiger partial charge in [-0.15, -0.1) is 0 Å². The van der Waals surface area contributed by atoms with Crippen LogP contribution in [0.5, 0.6) is 0 Å². The molecule has 3 saturated heterocycles. The van der Waals surface area contributed by atoms with E-state index in [1.54, 1.807) is 0 Å². The molecule has 3 rings (SSSR count). The summed E-state index contributed by atoms with van der Waals surface area (Å²) < 4.78 is 11.5. The monoisotopic (exact) mass is 281 g/mol. The van der Waals surface area contributed by atoms with Crippen molar-refractivity contribution >= 4 is 5.78 Å². The Balaban J connectivity index is 1.72.